The summed E-state index contributed by atoms with van der Waals surface area (Å²) in [5, 5.41) is 7.07. The Kier molecular flexibility index (Phi) is 5.15. The normalized spacial score (nSPS) is 23.5. The molecule has 0 saturated heterocycles. The summed E-state index contributed by atoms with van der Waals surface area (Å²) in [6.45, 7) is 0. The first-order chi connectivity index (χ1) is 15.6. The standard InChI is InChI=1S/C26H27N5O/c1-28-25-22-13-12-21(17-7-4-3-5-8-17)24(22)30-26(27,31-25)19-10-11-20(23(15-19)32-2)18-9-6-14-29-16-18/h3-11,14-16,21,30H,12-13,27H2,1-2H3,(H,28,31). The Hall–Kier alpha value is -3.64. The van der Waals surface area contributed by atoms with Crippen LogP contribution in [0.1, 0.15) is 29.9 Å². The fourth-order valence-electron chi connectivity index (χ4n) is 4.74. The Morgan fingerprint density at radius 1 is 1.09 bits per heavy atom. The second kappa shape index (κ2) is 8.13. The molecule has 4 N–H and O–H groups in total. The number of ether oxygens (including phenoxy) is 1. The molecule has 6 nitrogen and oxygen atoms in total. The van der Waals surface area contributed by atoms with E-state index in [-0.39, 0.29) is 5.92 Å². The van der Waals surface area contributed by atoms with Crippen LogP contribution in [0, 0.1) is 0 Å². The molecule has 2 heterocycles. The molecular weight excluding hydrogens is 398 g/mol. The quantitative estimate of drug-likeness (QED) is 0.591. The van der Waals surface area contributed by atoms with Gasteiger partial charge < -0.3 is 15.4 Å². The third-order valence-corrected chi connectivity index (χ3v) is 6.34. The number of aromatic nitrogens is 1. The third-order valence-electron chi connectivity index (χ3n) is 6.34. The number of aliphatic imine (C=N–C) groups is 1. The first-order valence-electron chi connectivity index (χ1n) is 10.8. The number of allylic oxidation sites excluding steroid dienone is 1. The summed E-state index contributed by atoms with van der Waals surface area (Å²) in [6, 6.07) is 20.5. The zero-order valence-corrected chi connectivity index (χ0v) is 18.3. The van der Waals surface area contributed by atoms with Crippen LogP contribution in [0.5, 0.6) is 5.75 Å². The summed E-state index contributed by atoms with van der Waals surface area (Å²) < 4.78 is 5.73. The molecule has 2 atom stereocenters. The van der Waals surface area contributed by atoms with E-state index in [0.717, 1.165) is 46.8 Å². The van der Waals surface area contributed by atoms with Crippen molar-refractivity contribution >= 4 is 5.84 Å². The van der Waals surface area contributed by atoms with Crippen molar-refractivity contribution in [2.75, 3.05) is 14.2 Å². The molecular formula is C26H27N5O. The van der Waals surface area contributed by atoms with Crippen LogP contribution in [0.3, 0.4) is 0 Å². The zero-order chi connectivity index (χ0) is 22.1. The molecule has 5 rings (SSSR count). The van der Waals surface area contributed by atoms with Crippen molar-refractivity contribution in [1.29, 1.82) is 0 Å². The number of hydrogen-bond acceptors (Lipinski definition) is 5. The number of nitrogens with two attached hydrogens (primary N) is 1. The molecule has 1 aromatic heterocycles. The van der Waals surface area contributed by atoms with E-state index in [1.807, 2.05) is 42.6 Å². The van der Waals surface area contributed by atoms with Gasteiger partial charge in [0.25, 0.3) is 0 Å². The smallest absolute Gasteiger partial charge is 0.190 e. The predicted molar refractivity (Wildman–Crippen MR) is 127 cm³/mol. The van der Waals surface area contributed by atoms with Gasteiger partial charge in [0.1, 0.15) is 11.6 Å². The molecule has 6 heteroatoms. The van der Waals surface area contributed by atoms with Gasteiger partial charge in [-0.3, -0.25) is 15.7 Å². The maximum atomic E-state index is 6.95. The summed E-state index contributed by atoms with van der Waals surface area (Å²) in [5.74, 6) is 0.843. The number of benzene rings is 2. The molecule has 1 aliphatic heterocycles. The molecule has 0 radical (unpaired) electrons. The van der Waals surface area contributed by atoms with Crippen molar-refractivity contribution in [3.05, 3.63) is 95.5 Å². The van der Waals surface area contributed by atoms with Crippen LogP contribution in [-0.2, 0) is 5.79 Å². The van der Waals surface area contributed by atoms with Gasteiger partial charge in [-0.15, -0.1) is 0 Å². The van der Waals surface area contributed by atoms with Crippen LogP contribution in [-0.4, -0.2) is 25.0 Å². The molecule has 2 aliphatic rings. The Labute approximate surface area is 188 Å². The average Bonchev–Trinajstić information content (AvgIpc) is 3.27. The maximum Gasteiger partial charge on any atom is 0.190 e. The van der Waals surface area contributed by atoms with E-state index in [4.69, 9.17) is 10.5 Å². The Bertz CT molecular complexity index is 1190. The summed E-state index contributed by atoms with van der Waals surface area (Å²) in [4.78, 5) is 8.77. The van der Waals surface area contributed by atoms with E-state index in [1.54, 1.807) is 20.4 Å². The van der Waals surface area contributed by atoms with Gasteiger partial charge in [-0.25, -0.2) is 0 Å². The highest BCUT2D eigenvalue weighted by molar-refractivity contribution is 6.01. The monoisotopic (exact) mass is 425 g/mol. The van der Waals surface area contributed by atoms with Gasteiger partial charge in [0.2, 0.25) is 0 Å². The van der Waals surface area contributed by atoms with E-state index in [1.165, 1.54) is 11.1 Å². The molecule has 0 spiro atoms. The number of methoxy groups -OCH3 is 1. The van der Waals surface area contributed by atoms with Crippen LogP contribution in [0.2, 0.25) is 0 Å². The minimum atomic E-state index is -1.01. The van der Waals surface area contributed by atoms with Gasteiger partial charge >= 0.3 is 0 Å². The first-order valence-corrected chi connectivity index (χ1v) is 10.8. The van der Waals surface area contributed by atoms with Gasteiger partial charge in [0.05, 0.1) is 7.11 Å². The van der Waals surface area contributed by atoms with E-state index >= 15 is 0 Å². The van der Waals surface area contributed by atoms with Crippen molar-refractivity contribution in [3.63, 3.8) is 0 Å². The van der Waals surface area contributed by atoms with Crippen LogP contribution < -0.4 is 21.1 Å². The fraction of sp³-hybridized carbons (Fsp3) is 0.231. The fourth-order valence-corrected chi connectivity index (χ4v) is 4.74. The lowest BCUT2D eigenvalue weighted by molar-refractivity contribution is 0.329. The van der Waals surface area contributed by atoms with Gasteiger partial charge in [-0.1, -0.05) is 48.5 Å². The van der Waals surface area contributed by atoms with Crippen LogP contribution in [0.15, 0.2) is 89.3 Å². The van der Waals surface area contributed by atoms with Crippen molar-refractivity contribution in [1.82, 2.24) is 15.6 Å². The lowest BCUT2D eigenvalue weighted by Gasteiger charge is -2.40. The molecule has 3 aromatic rings. The van der Waals surface area contributed by atoms with E-state index in [0.29, 0.717) is 0 Å². The highest BCUT2D eigenvalue weighted by Crippen LogP contribution is 2.42. The molecule has 2 unspecified atom stereocenters. The summed E-state index contributed by atoms with van der Waals surface area (Å²) in [5.41, 5.74) is 13.4. The number of rotatable bonds is 4. The highest BCUT2D eigenvalue weighted by Gasteiger charge is 2.41. The Morgan fingerprint density at radius 2 is 1.94 bits per heavy atom. The molecule has 0 bridgehead atoms. The maximum absolute atomic E-state index is 6.95. The van der Waals surface area contributed by atoms with Gasteiger partial charge in [-0.05, 0) is 30.5 Å². The lowest BCUT2D eigenvalue weighted by Crippen LogP contribution is -2.65. The third kappa shape index (κ3) is 3.42. The van der Waals surface area contributed by atoms with Crippen molar-refractivity contribution in [2.45, 2.75) is 24.5 Å². The van der Waals surface area contributed by atoms with Gasteiger partial charge in [-0.2, -0.15) is 0 Å². The minimum absolute atomic E-state index is 0.268. The highest BCUT2D eigenvalue weighted by atomic mass is 16.5. The zero-order valence-electron chi connectivity index (χ0n) is 18.3. The van der Waals surface area contributed by atoms with Crippen molar-refractivity contribution < 1.29 is 4.74 Å². The minimum Gasteiger partial charge on any atom is -0.496 e. The van der Waals surface area contributed by atoms with Gasteiger partial charge in [0, 0.05) is 53.3 Å². The predicted octanol–water partition coefficient (Wildman–Crippen LogP) is 3.88. The largest absolute Gasteiger partial charge is 0.496 e. The molecule has 32 heavy (non-hydrogen) atoms. The molecule has 0 fully saturated rings. The first kappa shape index (κ1) is 20.3. The van der Waals surface area contributed by atoms with Crippen LogP contribution >= 0.6 is 0 Å². The number of hydrogen-bond donors (Lipinski definition) is 3. The van der Waals surface area contributed by atoms with Crippen molar-refractivity contribution in [2.24, 2.45) is 10.7 Å². The molecule has 0 amide bonds. The van der Waals surface area contributed by atoms with Crippen LogP contribution in [0.25, 0.3) is 11.1 Å². The second-order valence-electron chi connectivity index (χ2n) is 8.18. The molecule has 2 aromatic carbocycles. The van der Waals surface area contributed by atoms with E-state index in [2.05, 4.69) is 44.9 Å². The SMILES string of the molecule is CN=C1NC(N)(c2ccc(-c3cccnc3)c(OC)c2)NC2=C1CCC2c1ccccc1. The summed E-state index contributed by atoms with van der Waals surface area (Å²) in [7, 11) is 3.48. The van der Waals surface area contributed by atoms with Crippen LogP contribution in [0.4, 0.5) is 0 Å². The summed E-state index contributed by atoms with van der Waals surface area (Å²) in [6.07, 6.45) is 5.58. The Morgan fingerprint density at radius 3 is 2.66 bits per heavy atom. The Balaban J connectivity index is 1.54. The lowest BCUT2D eigenvalue weighted by atomic mass is 9.93. The summed E-state index contributed by atoms with van der Waals surface area (Å²) >= 11 is 0. The second-order valence-corrected chi connectivity index (χ2v) is 8.18. The molecule has 0 saturated carbocycles. The van der Waals surface area contributed by atoms with Crippen molar-refractivity contribution in [3.8, 4) is 16.9 Å². The number of nitrogens with one attached hydrogen (secondary N) is 2. The topological polar surface area (TPSA) is 84.6 Å². The number of pyridine rings is 1. The number of amidine groups is 1. The van der Waals surface area contributed by atoms with E-state index < -0.39 is 5.79 Å². The van der Waals surface area contributed by atoms with E-state index in [9.17, 15) is 0 Å². The molecule has 162 valence electrons. The molecule has 1 aliphatic carbocycles. The average molecular weight is 426 g/mol. The number of nitrogens with zero attached hydrogens (tertiary/aromatic N) is 2. The van der Waals surface area contributed by atoms with Gasteiger partial charge in [0.15, 0.2) is 5.79 Å².